The average molecular weight is 304 g/mol. The van der Waals surface area contributed by atoms with Gasteiger partial charge in [-0.3, -0.25) is 9.59 Å². The number of benzene rings is 1. The number of aromatic nitrogens is 1. The van der Waals surface area contributed by atoms with Crippen molar-refractivity contribution in [2.75, 3.05) is 13.7 Å². The Labute approximate surface area is 128 Å². The molecule has 1 aromatic heterocycles. The van der Waals surface area contributed by atoms with Crippen molar-refractivity contribution >= 4 is 22.8 Å². The number of amides is 1. The normalized spacial score (nSPS) is 10.9. The van der Waals surface area contributed by atoms with Crippen LogP contribution in [-0.4, -0.2) is 46.6 Å². The largest absolute Gasteiger partial charge is 0.497 e. The highest BCUT2D eigenvalue weighted by Crippen LogP contribution is 2.22. The molecule has 0 saturated carbocycles. The summed E-state index contributed by atoms with van der Waals surface area (Å²) in [5.74, 6) is -0.400. The Hall–Kier alpha value is -2.50. The van der Waals surface area contributed by atoms with Crippen LogP contribution in [-0.2, 0) is 4.79 Å². The Morgan fingerprint density at radius 2 is 2.05 bits per heavy atom. The van der Waals surface area contributed by atoms with E-state index in [9.17, 15) is 9.59 Å². The molecular formula is C16H20N2O4. The van der Waals surface area contributed by atoms with Gasteiger partial charge in [0, 0.05) is 23.5 Å². The predicted octanol–water partition coefficient (Wildman–Crippen LogP) is 2.50. The fourth-order valence-electron chi connectivity index (χ4n) is 2.32. The molecule has 0 aliphatic rings. The van der Waals surface area contributed by atoms with Gasteiger partial charge >= 0.3 is 5.97 Å². The second kappa shape index (κ2) is 6.51. The first-order valence-corrected chi connectivity index (χ1v) is 7.12. The van der Waals surface area contributed by atoms with Gasteiger partial charge < -0.3 is 19.7 Å². The van der Waals surface area contributed by atoms with Gasteiger partial charge in [-0.15, -0.1) is 0 Å². The van der Waals surface area contributed by atoms with Gasteiger partial charge in [0.05, 0.1) is 13.5 Å². The van der Waals surface area contributed by atoms with Crippen LogP contribution in [0.1, 0.15) is 30.8 Å². The van der Waals surface area contributed by atoms with E-state index in [0.717, 1.165) is 16.7 Å². The van der Waals surface area contributed by atoms with E-state index in [0.29, 0.717) is 5.69 Å². The van der Waals surface area contributed by atoms with Crippen molar-refractivity contribution in [2.45, 2.75) is 26.3 Å². The number of carbonyl (C=O) groups excluding carboxylic acids is 1. The molecule has 1 aromatic carbocycles. The average Bonchev–Trinajstić information content (AvgIpc) is 2.89. The van der Waals surface area contributed by atoms with Crippen molar-refractivity contribution in [2.24, 2.45) is 0 Å². The van der Waals surface area contributed by atoms with Gasteiger partial charge in [-0.25, -0.2) is 0 Å². The fraction of sp³-hybridized carbons (Fsp3) is 0.375. The van der Waals surface area contributed by atoms with Gasteiger partial charge in [0.2, 0.25) is 0 Å². The van der Waals surface area contributed by atoms with Crippen LogP contribution in [0.3, 0.4) is 0 Å². The minimum Gasteiger partial charge on any atom is -0.497 e. The summed E-state index contributed by atoms with van der Waals surface area (Å²) in [6, 6.07) is 7.20. The highest BCUT2D eigenvalue weighted by atomic mass is 16.5. The summed E-state index contributed by atoms with van der Waals surface area (Å²) >= 11 is 0. The van der Waals surface area contributed by atoms with Crippen molar-refractivity contribution in [1.82, 2.24) is 9.88 Å². The first-order valence-electron chi connectivity index (χ1n) is 7.12. The van der Waals surface area contributed by atoms with E-state index in [1.165, 1.54) is 0 Å². The third-order valence-corrected chi connectivity index (χ3v) is 3.51. The monoisotopic (exact) mass is 304 g/mol. The second-order valence-corrected chi connectivity index (χ2v) is 5.37. The number of hydrogen-bond acceptors (Lipinski definition) is 3. The summed E-state index contributed by atoms with van der Waals surface area (Å²) in [4.78, 5) is 28.0. The molecule has 0 unspecified atom stereocenters. The van der Waals surface area contributed by atoms with Crippen LogP contribution in [0.15, 0.2) is 24.3 Å². The maximum atomic E-state index is 12.6. The molecule has 6 heteroatoms. The number of aliphatic carboxylic acids is 1. The Kier molecular flexibility index (Phi) is 4.70. The molecule has 2 rings (SSSR count). The maximum Gasteiger partial charge on any atom is 0.305 e. The number of H-pyrrole nitrogens is 1. The Bertz CT molecular complexity index is 691. The van der Waals surface area contributed by atoms with E-state index in [-0.39, 0.29) is 24.9 Å². The van der Waals surface area contributed by atoms with E-state index in [1.54, 1.807) is 18.1 Å². The van der Waals surface area contributed by atoms with Crippen molar-refractivity contribution in [1.29, 1.82) is 0 Å². The lowest BCUT2D eigenvalue weighted by Crippen LogP contribution is -2.38. The predicted molar refractivity (Wildman–Crippen MR) is 83.3 cm³/mol. The zero-order valence-electron chi connectivity index (χ0n) is 12.9. The van der Waals surface area contributed by atoms with Crippen molar-refractivity contribution in [3.63, 3.8) is 0 Å². The number of fused-ring (bicyclic) bond motifs is 1. The first kappa shape index (κ1) is 15.9. The number of ether oxygens (including phenoxy) is 1. The Morgan fingerprint density at radius 3 is 2.64 bits per heavy atom. The summed E-state index contributed by atoms with van der Waals surface area (Å²) in [7, 11) is 1.59. The van der Waals surface area contributed by atoms with Gasteiger partial charge in [-0.2, -0.15) is 0 Å². The third-order valence-electron chi connectivity index (χ3n) is 3.51. The SMILES string of the molecule is COc1ccc2[nH]c(C(=O)N(CCC(=O)O)C(C)C)cc2c1. The summed E-state index contributed by atoms with van der Waals surface area (Å²) in [5.41, 5.74) is 1.29. The van der Waals surface area contributed by atoms with Crippen LogP contribution in [0.4, 0.5) is 0 Å². The van der Waals surface area contributed by atoms with Crippen LogP contribution in [0.5, 0.6) is 5.75 Å². The zero-order valence-corrected chi connectivity index (χ0v) is 12.9. The number of rotatable bonds is 6. The molecule has 0 atom stereocenters. The molecule has 2 aromatic rings. The molecule has 0 spiro atoms. The molecule has 2 N–H and O–H groups in total. The van der Waals surface area contributed by atoms with Crippen molar-refractivity contribution in [3.8, 4) is 5.75 Å². The van der Waals surface area contributed by atoms with E-state index in [4.69, 9.17) is 9.84 Å². The van der Waals surface area contributed by atoms with Gasteiger partial charge in [0.15, 0.2) is 0 Å². The number of nitrogens with one attached hydrogen (secondary N) is 1. The lowest BCUT2D eigenvalue weighted by atomic mass is 10.2. The standard InChI is InChI=1S/C16H20N2O4/c1-10(2)18(7-6-15(19)20)16(21)14-9-11-8-12(22-3)4-5-13(11)17-14/h4-5,8-10,17H,6-7H2,1-3H3,(H,19,20). The van der Waals surface area contributed by atoms with Gasteiger partial charge in [-0.05, 0) is 38.1 Å². The third kappa shape index (κ3) is 3.39. The van der Waals surface area contributed by atoms with Crippen LogP contribution in [0, 0.1) is 0 Å². The summed E-state index contributed by atoms with van der Waals surface area (Å²) in [6.07, 6.45) is -0.0715. The summed E-state index contributed by atoms with van der Waals surface area (Å²) in [5, 5.41) is 9.69. The molecular weight excluding hydrogens is 284 g/mol. The summed E-state index contributed by atoms with van der Waals surface area (Å²) in [6.45, 7) is 3.92. The van der Waals surface area contributed by atoms with E-state index in [1.807, 2.05) is 32.0 Å². The highest BCUT2D eigenvalue weighted by Gasteiger charge is 2.21. The molecule has 0 aliphatic heterocycles. The van der Waals surface area contributed by atoms with Crippen molar-refractivity contribution < 1.29 is 19.4 Å². The molecule has 0 radical (unpaired) electrons. The lowest BCUT2D eigenvalue weighted by Gasteiger charge is -2.25. The number of carbonyl (C=O) groups is 2. The number of carboxylic acid groups (broad SMARTS) is 1. The van der Waals surface area contributed by atoms with Gasteiger partial charge in [0.25, 0.3) is 5.91 Å². The topological polar surface area (TPSA) is 82.6 Å². The molecule has 0 saturated heterocycles. The molecule has 0 bridgehead atoms. The van der Waals surface area contributed by atoms with Crippen LogP contribution in [0.2, 0.25) is 0 Å². The van der Waals surface area contributed by atoms with Crippen LogP contribution >= 0.6 is 0 Å². The van der Waals surface area contributed by atoms with Crippen LogP contribution < -0.4 is 4.74 Å². The minimum atomic E-state index is -0.917. The molecule has 0 fully saturated rings. The molecule has 0 aliphatic carbocycles. The quantitative estimate of drug-likeness (QED) is 0.859. The molecule has 6 nitrogen and oxygen atoms in total. The Balaban J connectivity index is 2.27. The zero-order chi connectivity index (χ0) is 16.3. The molecule has 1 heterocycles. The highest BCUT2D eigenvalue weighted by molar-refractivity contribution is 5.98. The van der Waals surface area contributed by atoms with E-state index < -0.39 is 5.97 Å². The fourth-order valence-corrected chi connectivity index (χ4v) is 2.32. The van der Waals surface area contributed by atoms with E-state index >= 15 is 0 Å². The van der Waals surface area contributed by atoms with Crippen molar-refractivity contribution in [3.05, 3.63) is 30.0 Å². The maximum absolute atomic E-state index is 12.6. The molecule has 118 valence electrons. The number of methoxy groups -OCH3 is 1. The minimum absolute atomic E-state index is 0.0715. The van der Waals surface area contributed by atoms with Gasteiger partial charge in [0.1, 0.15) is 11.4 Å². The Morgan fingerprint density at radius 1 is 1.32 bits per heavy atom. The van der Waals surface area contributed by atoms with E-state index in [2.05, 4.69) is 4.98 Å². The number of hydrogen-bond donors (Lipinski definition) is 2. The molecule has 1 amide bonds. The van der Waals surface area contributed by atoms with Gasteiger partial charge in [-0.1, -0.05) is 0 Å². The summed E-state index contributed by atoms with van der Waals surface area (Å²) < 4.78 is 5.17. The lowest BCUT2D eigenvalue weighted by molar-refractivity contribution is -0.137. The molecule has 22 heavy (non-hydrogen) atoms. The number of nitrogens with zero attached hydrogens (tertiary/aromatic N) is 1. The number of carboxylic acids is 1. The first-order chi connectivity index (χ1) is 10.4. The number of aromatic amines is 1. The second-order valence-electron chi connectivity index (χ2n) is 5.37. The smallest absolute Gasteiger partial charge is 0.305 e. The van der Waals surface area contributed by atoms with Crippen LogP contribution in [0.25, 0.3) is 10.9 Å².